The van der Waals surface area contributed by atoms with Gasteiger partial charge in [-0.3, -0.25) is 4.90 Å². The molecule has 2 fully saturated rings. The molecule has 3 rings (SSSR count). The van der Waals surface area contributed by atoms with Gasteiger partial charge in [-0.05, 0) is 47.8 Å². The number of nitriles is 1. The average molecular weight is 481 g/mol. The number of nitrogens with two attached hydrogens (primary N) is 1. The monoisotopic (exact) mass is 480 g/mol. The van der Waals surface area contributed by atoms with Crippen LogP contribution >= 0.6 is 11.8 Å². The number of anilines is 1. The van der Waals surface area contributed by atoms with Crippen molar-refractivity contribution in [3.8, 4) is 6.07 Å². The lowest BCUT2D eigenvalue weighted by molar-refractivity contribution is -0.166. The number of amides is 1. The van der Waals surface area contributed by atoms with Crippen molar-refractivity contribution >= 4 is 29.6 Å². The fourth-order valence-electron chi connectivity index (χ4n) is 4.34. The van der Waals surface area contributed by atoms with Crippen LogP contribution in [0.1, 0.15) is 58.8 Å². The minimum absolute atomic E-state index is 0.0596. The molecule has 1 amide bonds. The van der Waals surface area contributed by atoms with Crippen molar-refractivity contribution in [2.45, 2.75) is 77.2 Å². The van der Waals surface area contributed by atoms with Crippen LogP contribution in [0.2, 0.25) is 0 Å². The summed E-state index contributed by atoms with van der Waals surface area (Å²) in [6.45, 7) is 10.8. The molecule has 2 N–H and O–H groups in total. The van der Waals surface area contributed by atoms with E-state index in [1.165, 1.54) is 6.20 Å². The van der Waals surface area contributed by atoms with Crippen LogP contribution in [0.5, 0.6) is 0 Å². The topological polar surface area (TPSA) is 129 Å². The van der Waals surface area contributed by atoms with Crippen molar-refractivity contribution in [3.05, 3.63) is 17.5 Å². The van der Waals surface area contributed by atoms with Gasteiger partial charge >= 0.3 is 12.2 Å². The van der Waals surface area contributed by atoms with Crippen LogP contribution in [-0.2, 0) is 18.9 Å². The van der Waals surface area contributed by atoms with Gasteiger partial charge in [-0.1, -0.05) is 0 Å². The molecule has 182 valence electrons. The third-order valence-electron chi connectivity index (χ3n) is 5.42. The molecule has 3 heterocycles. The fourth-order valence-corrected chi connectivity index (χ4v) is 5.04. The van der Waals surface area contributed by atoms with Crippen LogP contribution < -0.4 is 5.73 Å². The Bertz CT molecular complexity index is 963. The van der Waals surface area contributed by atoms with Crippen molar-refractivity contribution in [1.82, 2.24) is 9.47 Å². The van der Waals surface area contributed by atoms with E-state index in [-0.39, 0.29) is 24.0 Å². The van der Waals surface area contributed by atoms with E-state index in [0.717, 1.165) is 4.57 Å². The number of aromatic nitrogens is 1. The highest BCUT2D eigenvalue weighted by Gasteiger charge is 2.60. The molecule has 0 spiro atoms. The smallest absolute Gasteiger partial charge is 0.419 e. The Balaban J connectivity index is 2.16. The number of nitrogens with zero attached hydrogens (tertiary/aromatic N) is 3. The van der Waals surface area contributed by atoms with Gasteiger partial charge in [0, 0.05) is 17.5 Å². The number of thioether (sulfide) groups is 1. The number of hydrogen-bond acceptors (Lipinski definition) is 9. The Labute approximate surface area is 198 Å². The molecule has 33 heavy (non-hydrogen) atoms. The first-order valence-electron chi connectivity index (χ1n) is 10.8. The zero-order chi connectivity index (χ0) is 24.7. The zero-order valence-electron chi connectivity index (χ0n) is 20.1. The summed E-state index contributed by atoms with van der Waals surface area (Å²) >= 11 is 1.56. The van der Waals surface area contributed by atoms with E-state index < -0.39 is 41.8 Å². The normalized spacial score (nSPS) is 26.1. The van der Waals surface area contributed by atoms with Gasteiger partial charge in [-0.2, -0.15) is 17.0 Å². The predicted octanol–water partition coefficient (Wildman–Crippen LogP) is 3.49. The van der Waals surface area contributed by atoms with E-state index >= 15 is 0 Å². The van der Waals surface area contributed by atoms with Gasteiger partial charge < -0.3 is 24.7 Å². The molecule has 2 aliphatic rings. The summed E-state index contributed by atoms with van der Waals surface area (Å²) in [7, 11) is 0. The maximum Gasteiger partial charge on any atom is 0.419 e. The summed E-state index contributed by atoms with van der Waals surface area (Å²) in [5.74, 6) is -0.305. The lowest BCUT2D eigenvalue weighted by Gasteiger charge is -2.35. The van der Waals surface area contributed by atoms with E-state index in [1.54, 1.807) is 44.4 Å². The number of likely N-dealkylation sites (tertiary alicyclic amines) is 1. The van der Waals surface area contributed by atoms with E-state index in [2.05, 4.69) is 0 Å². The molecule has 4 unspecified atom stereocenters. The third-order valence-corrected chi connectivity index (χ3v) is 6.09. The number of carbonyl (C=O) groups excluding carboxylic acids is 2. The van der Waals surface area contributed by atoms with Gasteiger partial charge in [0.25, 0.3) is 0 Å². The summed E-state index contributed by atoms with van der Waals surface area (Å²) < 4.78 is 24.3. The molecule has 0 aliphatic carbocycles. The molecule has 0 radical (unpaired) electrons. The molecule has 11 heteroatoms. The molecule has 1 aromatic heterocycles. The second-order valence-corrected chi connectivity index (χ2v) is 10.4. The van der Waals surface area contributed by atoms with Gasteiger partial charge in [-0.15, -0.1) is 0 Å². The summed E-state index contributed by atoms with van der Waals surface area (Å²) in [5, 5.41) is 9.68. The van der Waals surface area contributed by atoms with Gasteiger partial charge in [0.2, 0.25) is 0 Å². The Morgan fingerprint density at radius 1 is 1.27 bits per heavy atom. The highest BCUT2D eigenvalue weighted by molar-refractivity contribution is 7.98. The summed E-state index contributed by atoms with van der Waals surface area (Å²) in [6.07, 6.45) is 1.09. The maximum absolute atomic E-state index is 13.4. The van der Waals surface area contributed by atoms with Crippen LogP contribution in [0.4, 0.5) is 15.3 Å². The van der Waals surface area contributed by atoms with Gasteiger partial charge in [0.05, 0.1) is 24.4 Å². The molecule has 0 aromatic carbocycles. The van der Waals surface area contributed by atoms with E-state index in [4.69, 9.17) is 24.7 Å². The lowest BCUT2D eigenvalue weighted by Crippen LogP contribution is -2.46. The highest BCUT2D eigenvalue weighted by Crippen LogP contribution is 2.49. The number of carbonyl (C=O) groups is 2. The molecular weight excluding hydrogens is 448 g/mol. The minimum Gasteiger partial charge on any atom is -0.449 e. The molecule has 2 saturated heterocycles. The Morgan fingerprint density at radius 2 is 1.91 bits per heavy atom. The molecule has 4 atom stereocenters. The zero-order valence-corrected chi connectivity index (χ0v) is 20.9. The van der Waals surface area contributed by atoms with Gasteiger partial charge in [0.1, 0.15) is 23.9 Å². The Hall–Kier alpha value is -2.42. The SMILES string of the molecule is CCOC(=O)n1cc(C2C3OC(C)(C)OC3C(CSC)N2C(=O)OC(C)(C)C)c(N)c1C#N. The van der Waals surface area contributed by atoms with Crippen LogP contribution in [-0.4, -0.2) is 69.9 Å². The number of hydrogen-bond donors (Lipinski definition) is 1. The maximum atomic E-state index is 13.4. The summed E-state index contributed by atoms with van der Waals surface area (Å²) in [5.41, 5.74) is 6.06. The molecule has 0 saturated carbocycles. The Morgan fingerprint density at radius 3 is 2.45 bits per heavy atom. The molecule has 2 aliphatic heterocycles. The van der Waals surface area contributed by atoms with Crippen LogP contribution in [0.25, 0.3) is 0 Å². The number of rotatable bonds is 4. The van der Waals surface area contributed by atoms with Crippen LogP contribution in [0.15, 0.2) is 6.20 Å². The van der Waals surface area contributed by atoms with Gasteiger partial charge in [-0.25, -0.2) is 14.2 Å². The highest BCUT2D eigenvalue weighted by atomic mass is 32.2. The van der Waals surface area contributed by atoms with Crippen molar-refractivity contribution in [1.29, 1.82) is 5.26 Å². The number of nitrogen functional groups attached to an aromatic ring is 1. The predicted molar refractivity (Wildman–Crippen MR) is 123 cm³/mol. The first kappa shape index (κ1) is 25.2. The quantitative estimate of drug-likeness (QED) is 0.688. The molecular formula is C22H32N4O6S. The lowest BCUT2D eigenvalue weighted by atomic mass is 10.0. The van der Waals surface area contributed by atoms with Gasteiger partial charge in [0.15, 0.2) is 11.5 Å². The number of ether oxygens (including phenoxy) is 4. The van der Waals surface area contributed by atoms with Crippen molar-refractivity contribution in [2.75, 3.05) is 24.3 Å². The van der Waals surface area contributed by atoms with Crippen LogP contribution in [0.3, 0.4) is 0 Å². The minimum atomic E-state index is -0.874. The van der Waals surface area contributed by atoms with Crippen molar-refractivity contribution < 1.29 is 28.5 Å². The summed E-state index contributed by atoms with van der Waals surface area (Å²) in [4.78, 5) is 27.5. The summed E-state index contributed by atoms with van der Waals surface area (Å²) in [6, 6.07) is 0.865. The van der Waals surface area contributed by atoms with E-state index in [1.807, 2.05) is 26.2 Å². The van der Waals surface area contributed by atoms with E-state index in [0.29, 0.717) is 11.3 Å². The average Bonchev–Trinajstić information content (AvgIpc) is 3.27. The molecule has 0 bridgehead atoms. The standard InChI is InChI=1S/C22H32N4O6S/c1-8-29-19(27)25-10-12(15(24)13(25)9-23)16-18-17(30-22(5,6)31-18)14(11-33-7)26(16)20(28)32-21(2,3)4/h10,14,16-18H,8,11,24H2,1-7H3. The largest absolute Gasteiger partial charge is 0.449 e. The third kappa shape index (κ3) is 4.78. The Kier molecular flexibility index (Phi) is 6.94. The fraction of sp³-hybridized carbons (Fsp3) is 0.682. The van der Waals surface area contributed by atoms with Crippen molar-refractivity contribution in [2.24, 2.45) is 0 Å². The first-order chi connectivity index (χ1) is 15.3. The molecule has 1 aromatic rings. The number of fused-ring (bicyclic) bond motifs is 1. The van der Waals surface area contributed by atoms with E-state index in [9.17, 15) is 14.9 Å². The second kappa shape index (κ2) is 9.08. The second-order valence-electron chi connectivity index (χ2n) is 9.45. The molecule has 10 nitrogen and oxygen atoms in total. The van der Waals surface area contributed by atoms with Crippen molar-refractivity contribution in [3.63, 3.8) is 0 Å². The van der Waals surface area contributed by atoms with Crippen LogP contribution in [0, 0.1) is 11.3 Å². The first-order valence-corrected chi connectivity index (χ1v) is 12.2.